The highest BCUT2D eigenvalue weighted by atomic mass is 79.9. The van der Waals surface area contributed by atoms with Gasteiger partial charge in [-0.2, -0.15) is 0 Å². The number of aliphatic hydroxyl groups excluding tert-OH is 1. The van der Waals surface area contributed by atoms with Gasteiger partial charge < -0.3 is 43.9 Å². The molecule has 0 saturated carbocycles. The molecule has 0 aromatic heterocycles. The van der Waals surface area contributed by atoms with E-state index in [0.717, 1.165) is 16.5 Å². The molecule has 0 aliphatic carbocycles. The molecule has 2 N–H and O–H groups in total. The number of aryl methyl sites for hydroxylation is 1. The number of amides is 3. The van der Waals surface area contributed by atoms with Crippen molar-refractivity contribution in [2.24, 2.45) is 0 Å². The number of rotatable bonds is 11. The molecule has 3 amide bonds. The molecule has 11 rings (SSSR count). The van der Waals surface area contributed by atoms with Gasteiger partial charge in [-0.3, -0.25) is 19.2 Å². The number of ether oxygens (including phenoxy) is 4. The first kappa shape index (κ1) is 72.0. The number of nitrogens with zero attached hydrogens (tertiary/aromatic N) is 8. The van der Waals surface area contributed by atoms with E-state index in [0.29, 0.717) is 116 Å². The van der Waals surface area contributed by atoms with Crippen molar-refractivity contribution in [1.29, 1.82) is 0 Å². The Hall–Kier alpha value is -10.5. The van der Waals surface area contributed by atoms with E-state index in [1.807, 2.05) is 19.1 Å². The monoisotopic (exact) mass is 1430 g/mol. The number of esters is 1. The standard InChI is InChI=1S/2C18H13ClN2O4.C17H11ClN2O4.C8H5BrClN.C8H6ClN/c1-20-13-5-3-12(14(19)8-13)9-21-15-7-11(18(23)24-2)4-6-16(15)25-10-17(21)22;1-20-13-4-2-12(14(19)7-13)8-21-15-6-11(16(23)9-22)3-5-17(15)25-10-18(21)24;1-19-12-4-2-11(13(18)7-12)8-20-14-6-10(17(22)23)3-5-15(14)24-9-16(20)21;1-11-7-3-2-6(5-9)8(10)4-7;1-6-3-4-7(10-2)5-8(6)9/h3-8H,9-10H2,2H3;2-7,22H,8-10H2;2-7H,8-9H2,(H,22,23);2-4H,5H2;3-5H,1H3. The van der Waals surface area contributed by atoms with Crippen molar-refractivity contribution < 1.29 is 57.9 Å². The highest BCUT2D eigenvalue weighted by Gasteiger charge is 2.31. The van der Waals surface area contributed by atoms with Gasteiger partial charge in [0.15, 0.2) is 54.0 Å². The van der Waals surface area contributed by atoms with E-state index in [1.54, 1.807) is 103 Å². The Morgan fingerprint density at radius 2 is 0.789 bits per heavy atom. The fraction of sp³-hybridized carbons (Fsp3) is 0.145. The summed E-state index contributed by atoms with van der Waals surface area (Å²) in [6.45, 7) is 35.9. The van der Waals surface area contributed by atoms with E-state index < -0.39 is 24.3 Å². The van der Waals surface area contributed by atoms with Gasteiger partial charge in [0, 0.05) is 36.0 Å². The van der Waals surface area contributed by atoms with Crippen LogP contribution in [0.15, 0.2) is 146 Å². The van der Waals surface area contributed by atoms with Gasteiger partial charge in [0.05, 0.1) is 87.8 Å². The molecule has 0 spiro atoms. The lowest BCUT2D eigenvalue weighted by atomic mass is 10.1. The molecule has 8 aromatic rings. The number of carboxylic acids is 1. The van der Waals surface area contributed by atoms with Gasteiger partial charge in [-0.15, -0.1) is 0 Å². The first-order chi connectivity index (χ1) is 45.6. The van der Waals surface area contributed by atoms with E-state index in [9.17, 15) is 28.8 Å². The molecule has 26 heteroatoms. The normalized spacial score (nSPS) is 12.1. The van der Waals surface area contributed by atoms with Gasteiger partial charge in [-0.05, 0) is 120 Å². The van der Waals surface area contributed by atoms with Crippen LogP contribution in [0.5, 0.6) is 17.2 Å². The quantitative estimate of drug-likeness (QED) is 0.0536. The number of aliphatic hydroxyl groups is 1. The molecule has 3 aliphatic heterocycles. The number of carbonyl (C=O) groups is 6. The highest BCUT2D eigenvalue weighted by molar-refractivity contribution is 9.08. The zero-order valence-corrected chi connectivity index (χ0v) is 55.2. The molecule has 8 aromatic carbocycles. The summed E-state index contributed by atoms with van der Waals surface area (Å²) in [6.07, 6.45) is 0. The van der Waals surface area contributed by atoms with E-state index in [4.69, 9.17) is 120 Å². The van der Waals surface area contributed by atoms with Crippen LogP contribution < -0.4 is 28.9 Å². The number of Topliss-reactive ketones (excluding diaryl/α,β-unsaturated/α-hetero) is 1. The zero-order chi connectivity index (χ0) is 69.0. The number of carbonyl (C=O) groups excluding carboxylic acids is 5. The summed E-state index contributed by atoms with van der Waals surface area (Å²) in [5, 5.41) is 21.4. The van der Waals surface area contributed by atoms with Crippen LogP contribution in [0, 0.1) is 39.8 Å². The first-order valence-electron chi connectivity index (χ1n) is 27.6. The summed E-state index contributed by atoms with van der Waals surface area (Å²) < 4.78 is 20.9. The number of halogens is 6. The average Bonchev–Trinajstić information content (AvgIpc) is 0.816. The molecule has 95 heavy (non-hydrogen) atoms. The number of anilines is 3. The Morgan fingerprint density at radius 1 is 0.474 bits per heavy atom. The fourth-order valence-corrected chi connectivity index (χ4v) is 10.6. The van der Waals surface area contributed by atoms with Crippen molar-refractivity contribution in [3.05, 3.63) is 272 Å². The van der Waals surface area contributed by atoms with Crippen molar-refractivity contribution in [3.63, 3.8) is 0 Å². The smallest absolute Gasteiger partial charge is 0.337 e. The molecule has 0 saturated heterocycles. The molecule has 20 nitrogen and oxygen atoms in total. The molecular weight excluding hydrogens is 1390 g/mol. The maximum absolute atomic E-state index is 12.3. The molecule has 0 atom stereocenters. The maximum atomic E-state index is 12.3. The Balaban J connectivity index is 0.000000175. The van der Waals surface area contributed by atoms with E-state index >= 15 is 0 Å². The largest absolute Gasteiger partial charge is 0.482 e. The van der Waals surface area contributed by atoms with Crippen LogP contribution in [0.25, 0.3) is 24.2 Å². The minimum absolute atomic E-state index is 0.0616. The number of methoxy groups -OCH3 is 1. The predicted molar refractivity (Wildman–Crippen MR) is 365 cm³/mol. The Labute approximate surface area is 578 Å². The number of alkyl halides is 1. The Kier molecular flexibility index (Phi) is 25.7. The summed E-state index contributed by atoms with van der Waals surface area (Å²) in [5.41, 5.74) is 8.45. The van der Waals surface area contributed by atoms with Crippen LogP contribution in [0.4, 0.5) is 45.5 Å². The molecule has 0 radical (unpaired) electrons. The molecular formula is C69H48BrCl5N8O12. The highest BCUT2D eigenvalue weighted by Crippen LogP contribution is 2.39. The topological polar surface area (TPSA) is 211 Å². The van der Waals surface area contributed by atoms with E-state index in [-0.39, 0.29) is 62.7 Å². The summed E-state index contributed by atoms with van der Waals surface area (Å²) in [4.78, 5) is 92.4. The van der Waals surface area contributed by atoms with E-state index in [2.05, 4.69) is 40.2 Å². The third-order valence-electron chi connectivity index (χ3n) is 13.9. The second-order valence-corrected chi connectivity index (χ2v) is 22.6. The third kappa shape index (κ3) is 18.6. The van der Waals surface area contributed by atoms with Gasteiger partial charge in [0.2, 0.25) is 0 Å². The third-order valence-corrected chi connectivity index (χ3v) is 16.3. The van der Waals surface area contributed by atoms with Crippen molar-refractivity contribution in [3.8, 4) is 17.2 Å². The first-order valence-corrected chi connectivity index (χ1v) is 30.6. The number of aromatic carboxylic acids is 1. The van der Waals surface area contributed by atoms with Gasteiger partial charge in [0.1, 0.15) is 23.9 Å². The minimum atomic E-state index is -1.09. The SMILES string of the molecule is [C-]#[N+]c1ccc(C)c(Cl)c1.[C-]#[N+]c1ccc(CBr)c(Cl)c1.[C-]#[N+]c1ccc(CN2C(=O)COc3ccc(C(=O)CO)cc32)c(Cl)c1.[C-]#[N+]c1ccc(CN2C(=O)COc3ccc(C(=O)O)cc32)c(Cl)c1.[C-]#[N+]c1ccc(CN2C(=O)COc3ccc(C(=O)OC)cc32)c(Cl)c1. The van der Waals surface area contributed by atoms with Crippen LogP contribution in [0.3, 0.4) is 0 Å². The minimum Gasteiger partial charge on any atom is -0.482 e. The Morgan fingerprint density at radius 3 is 1.11 bits per heavy atom. The molecule has 0 unspecified atom stereocenters. The number of benzene rings is 8. The number of hydrogen-bond acceptors (Lipinski definition) is 11. The maximum Gasteiger partial charge on any atom is 0.337 e. The van der Waals surface area contributed by atoms with Crippen LogP contribution in [-0.4, -0.2) is 79.2 Å². The number of hydrogen-bond donors (Lipinski definition) is 2. The number of carboxylic acid groups (broad SMARTS) is 1. The number of ketones is 1. The van der Waals surface area contributed by atoms with Crippen molar-refractivity contribution in [2.45, 2.75) is 31.9 Å². The van der Waals surface area contributed by atoms with Crippen LogP contribution in [-0.2, 0) is 44.1 Å². The van der Waals surface area contributed by atoms with Gasteiger partial charge >= 0.3 is 11.9 Å². The van der Waals surface area contributed by atoms with Gasteiger partial charge in [-0.25, -0.2) is 33.8 Å². The molecule has 0 fully saturated rings. The summed E-state index contributed by atoms with van der Waals surface area (Å²) in [6, 6.07) is 38.9. The lowest BCUT2D eigenvalue weighted by Gasteiger charge is -2.30. The van der Waals surface area contributed by atoms with Crippen LogP contribution in [0.1, 0.15) is 58.9 Å². The average molecular weight is 1440 g/mol. The Bertz CT molecular complexity index is 4410. The molecule has 3 heterocycles. The second-order valence-electron chi connectivity index (χ2n) is 20.0. The predicted octanol–water partition coefficient (Wildman–Crippen LogP) is 17.1. The summed E-state index contributed by atoms with van der Waals surface area (Å²) in [5.74, 6) is -1.44. The van der Waals surface area contributed by atoms with Crippen molar-refractivity contribution >= 4 is 155 Å². The van der Waals surface area contributed by atoms with E-state index in [1.165, 1.54) is 52.1 Å². The van der Waals surface area contributed by atoms with Crippen LogP contribution in [0.2, 0.25) is 25.1 Å². The molecule has 0 bridgehead atoms. The lowest BCUT2D eigenvalue weighted by Crippen LogP contribution is -2.38. The molecule has 3 aliphatic rings. The zero-order valence-electron chi connectivity index (χ0n) is 49.8. The number of fused-ring (bicyclic) bond motifs is 3. The molecule has 478 valence electrons. The van der Waals surface area contributed by atoms with Gasteiger partial charge in [0.25, 0.3) is 17.7 Å². The van der Waals surface area contributed by atoms with Crippen LogP contribution >= 0.6 is 73.9 Å². The van der Waals surface area contributed by atoms with Crippen molar-refractivity contribution in [1.82, 2.24) is 0 Å². The van der Waals surface area contributed by atoms with Gasteiger partial charge in [-0.1, -0.05) is 135 Å². The van der Waals surface area contributed by atoms with Crippen molar-refractivity contribution in [2.75, 3.05) is 48.2 Å². The second kappa shape index (κ2) is 33.9. The summed E-state index contributed by atoms with van der Waals surface area (Å²) >= 11 is 33.5. The lowest BCUT2D eigenvalue weighted by molar-refractivity contribution is -0.122. The fourth-order valence-electron chi connectivity index (χ4n) is 8.85. The summed E-state index contributed by atoms with van der Waals surface area (Å²) in [7, 11) is 1.29.